The van der Waals surface area contributed by atoms with Crippen molar-refractivity contribution in [2.75, 3.05) is 13.1 Å². The monoisotopic (exact) mass is 441 g/mol. The van der Waals surface area contributed by atoms with Crippen LogP contribution in [0, 0.1) is 12.8 Å². The summed E-state index contributed by atoms with van der Waals surface area (Å²) < 4.78 is 1.98. The van der Waals surface area contributed by atoms with Gasteiger partial charge in [-0.15, -0.1) is 24.8 Å². The molecule has 1 saturated carbocycles. The molecule has 1 saturated heterocycles. The fourth-order valence-electron chi connectivity index (χ4n) is 3.97. The van der Waals surface area contributed by atoms with Gasteiger partial charge in [-0.3, -0.25) is 4.79 Å². The van der Waals surface area contributed by atoms with Crippen LogP contribution >= 0.6 is 24.8 Å². The van der Waals surface area contributed by atoms with E-state index in [1.54, 1.807) is 0 Å². The summed E-state index contributed by atoms with van der Waals surface area (Å²) in [6.45, 7) is 12.4. The van der Waals surface area contributed by atoms with Gasteiger partial charge in [-0.1, -0.05) is 6.92 Å². The summed E-state index contributed by atoms with van der Waals surface area (Å²) in [5.74, 6) is 0.968. The molecule has 2 atom stereocenters. The summed E-state index contributed by atoms with van der Waals surface area (Å²) in [5, 5.41) is 12.3. The van der Waals surface area contributed by atoms with Gasteiger partial charge in [0.05, 0.1) is 22.2 Å². The van der Waals surface area contributed by atoms with E-state index in [2.05, 4.69) is 38.3 Å². The Labute approximate surface area is 185 Å². The van der Waals surface area contributed by atoms with Crippen LogP contribution in [0.25, 0.3) is 11.0 Å². The maximum absolute atomic E-state index is 13.3. The zero-order valence-corrected chi connectivity index (χ0v) is 19.5. The van der Waals surface area contributed by atoms with Gasteiger partial charge < -0.3 is 10.6 Å². The molecule has 2 unspecified atom stereocenters. The summed E-state index contributed by atoms with van der Waals surface area (Å²) in [6.07, 6.45) is 3.41. The third-order valence-corrected chi connectivity index (χ3v) is 5.85. The van der Waals surface area contributed by atoms with Gasteiger partial charge in [0.15, 0.2) is 5.65 Å². The zero-order chi connectivity index (χ0) is 19.3. The molecule has 2 aliphatic rings. The zero-order valence-electron chi connectivity index (χ0n) is 17.9. The molecule has 0 bridgehead atoms. The van der Waals surface area contributed by atoms with Crippen LogP contribution in [0.1, 0.15) is 74.6 Å². The predicted octanol–water partition coefficient (Wildman–Crippen LogP) is 3.94. The van der Waals surface area contributed by atoms with Gasteiger partial charge in [-0.05, 0) is 65.5 Å². The Kier molecular flexibility index (Phi) is 7.24. The average Bonchev–Trinajstić information content (AvgIpc) is 3.39. The first-order chi connectivity index (χ1) is 12.8. The van der Waals surface area contributed by atoms with Gasteiger partial charge in [0.25, 0.3) is 5.91 Å². The molecule has 3 heterocycles. The summed E-state index contributed by atoms with van der Waals surface area (Å²) in [7, 11) is 0. The standard InChI is InChI=1S/C21H31N5O.2ClH/c1-12-8-9-22-11-17(12)24-20(27)15-10-16(14-6-7-14)23-19-18(15)13(2)25-26(19)21(3,4)5;;/h10,12,14,17,22H,6-9,11H2,1-5H3,(H,24,27);2*1H. The lowest BCUT2D eigenvalue weighted by Crippen LogP contribution is -2.50. The van der Waals surface area contributed by atoms with E-state index < -0.39 is 0 Å². The van der Waals surface area contributed by atoms with Crippen LogP contribution < -0.4 is 10.6 Å². The third-order valence-electron chi connectivity index (χ3n) is 5.85. The second-order valence-electron chi connectivity index (χ2n) is 9.29. The van der Waals surface area contributed by atoms with E-state index in [1.807, 2.05) is 17.7 Å². The number of hydrogen-bond acceptors (Lipinski definition) is 4. The first-order valence-corrected chi connectivity index (χ1v) is 10.2. The van der Waals surface area contributed by atoms with Gasteiger partial charge in [-0.2, -0.15) is 5.10 Å². The molecular formula is C21H33Cl2N5O. The largest absolute Gasteiger partial charge is 0.348 e. The highest BCUT2D eigenvalue weighted by Gasteiger charge is 2.31. The predicted molar refractivity (Wildman–Crippen MR) is 122 cm³/mol. The molecule has 0 radical (unpaired) electrons. The Morgan fingerprint density at radius 1 is 1.24 bits per heavy atom. The van der Waals surface area contributed by atoms with Crippen molar-refractivity contribution in [2.24, 2.45) is 5.92 Å². The minimum absolute atomic E-state index is 0. The average molecular weight is 442 g/mol. The number of hydrogen-bond donors (Lipinski definition) is 2. The molecule has 1 aliphatic heterocycles. The maximum atomic E-state index is 13.3. The molecule has 6 nitrogen and oxygen atoms in total. The van der Waals surface area contributed by atoms with Crippen LogP contribution in [-0.2, 0) is 5.54 Å². The Balaban J connectivity index is 0.00000150. The Hall–Kier alpha value is -1.37. The number of rotatable bonds is 3. The number of nitrogens with zero attached hydrogens (tertiary/aromatic N) is 3. The number of aromatic nitrogens is 3. The molecular weight excluding hydrogens is 409 g/mol. The molecule has 29 heavy (non-hydrogen) atoms. The summed E-state index contributed by atoms with van der Waals surface area (Å²) in [6, 6.07) is 2.18. The SMILES string of the molecule is Cc1nn(C(C)(C)C)c2nc(C3CC3)cc(C(=O)NC3CNCCC3C)c12.Cl.Cl. The molecule has 8 heteroatoms. The van der Waals surface area contributed by atoms with Crippen molar-refractivity contribution in [3.63, 3.8) is 0 Å². The number of nitrogens with one attached hydrogen (secondary N) is 2. The summed E-state index contributed by atoms with van der Waals surface area (Å²) >= 11 is 0. The molecule has 2 aromatic heterocycles. The fraction of sp³-hybridized carbons (Fsp3) is 0.667. The van der Waals surface area contributed by atoms with Crippen LogP contribution in [0.15, 0.2) is 6.07 Å². The van der Waals surface area contributed by atoms with E-state index in [4.69, 9.17) is 10.1 Å². The first kappa shape index (κ1) is 23.9. The number of amides is 1. The third kappa shape index (κ3) is 4.70. The lowest BCUT2D eigenvalue weighted by Gasteiger charge is -2.30. The van der Waals surface area contributed by atoms with Gasteiger partial charge in [0.2, 0.25) is 0 Å². The second kappa shape index (κ2) is 8.78. The minimum Gasteiger partial charge on any atom is -0.348 e. The molecule has 162 valence electrons. The van der Waals surface area contributed by atoms with Crippen LogP contribution in [-0.4, -0.2) is 39.8 Å². The van der Waals surface area contributed by atoms with Crippen LogP contribution in [0.4, 0.5) is 0 Å². The summed E-state index contributed by atoms with van der Waals surface area (Å²) in [4.78, 5) is 18.2. The number of pyridine rings is 1. The highest BCUT2D eigenvalue weighted by atomic mass is 35.5. The van der Waals surface area contributed by atoms with E-state index in [1.165, 1.54) is 0 Å². The maximum Gasteiger partial charge on any atom is 0.252 e. The summed E-state index contributed by atoms with van der Waals surface area (Å²) in [5.41, 5.74) is 3.29. The second-order valence-corrected chi connectivity index (χ2v) is 9.29. The van der Waals surface area contributed by atoms with Gasteiger partial charge in [-0.25, -0.2) is 9.67 Å². The number of carbonyl (C=O) groups is 1. The molecule has 1 amide bonds. The van der Waals surface area contributed by atoms with Crippen molar-refractivity contribution >= 4 is 41.8 Å². The molecule has 0 aromatic carbocycles. The van der Waals surface area contributed by atoms with E-state index in [9.17, 15) is 4.79 Å². The first-order valence-electron chi connectivity index (χ1n) is 10.2. The van der Waals surface area contributed by atoms with Crippen molar-refractivity contribution in [2.45, 2.75) is 71.4 Å². The number of fused-ring (bicyclic) bond motifs is 1. The highest BCUT2D eigenvalue weighted by molar-refractivity contribution is 6.06. The number of carbonyl (C=O) groups excluding carboxylic acids is 1. The van der Waals surface area contributed by atoms with E-state index in [0.29, 0.717) is 11.8 Å². The fourth-order valence-corrected chi connectivity index (χ4v) is 3.97. The number of piperidine rings is 1. The van der Waals surface area contributed by atoms with Gasteiger partial charge in [0.1, 0.15) is 0 Å². The van der Waals surface area contributed by atoms with E-state index in [-0.39, 0.29) is 42.3 Å². The molecule has 0 spiro atoms. The molecule has 2 aromatic rings. The Bertz CT molecular complexity index is 885. The quantitative estimate of drug-likeness (QED) is 0.755. The van der Waals surface area contributed by atoms with E-state index in [0.717, 1.165) is 60.3 Å². The minimum atomic E-state index is -0.183. The van der Waals surface area contributed by atoms with Gasteiger partial charge >= 0.3 is 0 Å². The lowest BCUT2D eigenvalue weighted by atomic mass is 9.94. The van der Waals surface area contributed by atoms with Crippen molar-refractivity contribution in [3.8, 4) is 0 Å². The van der Waals surface area contributed by atoms with Crippen LogP contribution in [0.3, 0.4) is 0 Å². The number of halogens is 2. The highest BCUT2D eigenvalue weighted by Crippen LogP contribution is 2.41. The van der Waals surface area contributed by atoms with Crippen LogP contribution in [0.5, 0.6) is 0 Å². The molecule has 1 aliphatic carbocycles. The molecule has 2 fully saturated rings. The normalized spacial score (nSPS) is 22.0. The smallest absolute Gasteiger partial charge is 0.252 e. The Morgan fingerprint density at radius 2 is 1.93 bits per heavy atom. The van der Waals surface area contributed by atoms with Crippen LogP contribution in [0.2, 0.25) is 0 Å². The number of aryl methyl sites for hydroxylation is 1. The topological polar surface area (TPSA) is 71.8 Å². The van der Waals surface area contributed by atoms with E-state index >= 15 is 0 Å². The lowest BCUT2D eigenvalue weighted by molar-refractivity contribution is 0.0916. The molecule has 4 rings (SSSR count). The van der Waals surface area contributed by atoms with Crippen molar-refractivity contribution in [1.29, 1.82) is 0 Å². The molecule has 2 N–H and O–H groups in total. The van der Waals surface area contributed by atoms with Crippen molar-refractivity contribution in [3.05, 3.63) is 23.0 Å². The van der Waals surface area contributed by atoms with Gasteiger partial charge in [0, 0.05) is 24.2 Å². The van der Waals surface area contributed by atoms with Crippen molar-refractivity contribution < 1.29 is 4.79 Å². The Morgan fingerprint density at radius 3 is 2.52 bits per heavy atom. The van der Waals surface area contributed by atoms with Crippen molar-refractivity contribution in [1.82, 2.24) is 25.4 Å².